The van der Waals surface area contributed by atoms with Gasteiger partial charge < -0.3 is 0 Å². The van der Waals surface area contributed by atoms with Gasteiger partial charge >= 0.3 is 0 Å². The Morgan fingerprint density at radius 1 is 0.640 bits per heavy atom. The smallest absolute Gasteiger partial charge is 0.195 e. The molecule has 0 aliphatic carbocycles. The number of hydrogen-bond acceptors (Lipinski definition) is 2. The molecule has 1 nitrogen and oxygen atoms in total. The molecule has 2 heteroatoms. The van der Waals surface area contributed by atoms with E-state index < -0.39 is 0 Å². The van der Waals surface area contributed by atoms with Crippen molar-refractivity contribution in [2.45, 2.75) is 13.8 Å². The van der Waals surface area contributed by atoms with Crippen molar-refractivity contribution in [1.82, 2.24) is 0 Å². The second-order valence-corrected chi connectivity index (χ2v) is 7.80. The molecular formula is C23H16OS. The average Bonchev–Trinajstić information content (AvgIpc) is 2.63. The zero-order chi connectivity index (χ0) is 17.1. The molecule has 0 atom stereocenters. The molecule has 0 N–H and O–H groups in total. The first-order valence-electron chi connectivity index (χ1n) is 8.41. The highest BCUT2D eigenvalue weighted by Crippen LogP contribution is 2.32. The maximum absolute atomic E-state index is 12.9. The fourth-order valence-electron chi connectivity index (χ4n) is 3.68. The molecule has 0 saturated carbocycles. The molecule has 0 radical (unpaired) electrons. The molecular weight excluding hydrogens is 324 g/mol. The SMILES string of the molecule is Cc1ccc(C)c2cc3cc4c(=O)c5ccccc5sc4cc3cc12. The van der Waals surface area contributed by atoms with Crippen LogP contribution in [0, 0.1) is 13.8 Å². The highest BCUT2D eigenvalue weighted by molar-refractivity contribution is 7.24. The van der Waals surface area contributed by atoms with Crippen LogP contribution in [0.15, 0.2) is 65.5 Å². The van der Waals surface area contributed by atoms with Crippen molar-refractivity contribution < 1.29 is 0 Å². The Bertz CT molecular complexity index is 1380. The largest absolute Gasteiger partial charge is 0.289 e. The van der Waals surface area contributed by atoms with Gasteiger partial charge in [0, 0.05) is 20.2 Å². The van der Waals surface area contributed by atoms with Crippen molar-refractivity contribution >= 4 is 53.1 Å². The van der Waals surface area contributed by atoms with Crippen molar-refractivity contribution in [1.29, 1.82) is 0 Å². The first-order chi connectivity index (χ1) is 12.1. The molecule has 5 aromatic rings. The summed E-state index contributed by atoms with van der Waals surface area (Å²) in [5.74, 6) is 0. The molecule has 0 amide bonds. The lowest BCUT2D eigenvalue weighted by molar-refractivity contribution is 1.47. The molecule has 0 spiro atoms. The fraction of sp³-hybridized carbons (Fsp3) is 0.0870. The molecule has 0 aliphatic heterocycles. The van der Waals surface area contributed by atoms with Gasteiger partial charge in [0.15, 0.2) is 5.43 Å². The van der Waals surface area contributed by atoms with Crippen LogP contribution in [-0.2, 0) is 0 Å². The minimum absolute atomic E-state index is 0.132. The van der Waals surface area contributed by atoms with Crippen molar-refractivity contribution in [3.8, 4) is 0 Å². The van der Waals surface area contributed by atoms with Crippen molar-refractivity contribution in [3.05, 3.63) is 82.0 Å². The van der Waals surface area contributed by atoms with Crippen LogP contribution < -0.4 is 5.43 Å². The van der Waals surface area contributed by atoms with Crippen LogP contribution in [0.3, 0.4) is 0 Å². The first kappa shape index (κ1) is 14.6. The second-order valence-electron chi connectivity index (χ2n) is 6.72. The summed E-state index contributed by atoms with van der Waals surface area (Å²) in [6, 6.07) is 20.9. The minimum atomic E-state index is 0.132. The Balaban J connectivity index is 1.99. The normalized spacial score (nSPS) is 11.8. The maximum atomic E-state index is 12.9. The number of hydrogen-bond donors (Lipinski definition) is 0. The molecule has 0 fully saturated rings. The van der Waals surface area contributed by atoms with Crippen LogP contribution in [0.5, 0.6) is 0 Å². The third-order valence-electron chi connectivity index (χ3n) is 5.10. The van der Waals surface area contributed by atoms with Crippen molar-refractivity contribution in [2.24, 2.45) is 0 Å². The number of benzene rings is 4. The van der Waals surface area contributed by atoms with E-state index >= 15 is 0 Å². The Morgan fingerprint density at radius 2 is 1.24 bits per heavy atom. The lowest BCUT2D eigenvalue weighted by atomic mass is 9.96. The van der Waals surface area contributed by atoms with E-state index in [1.54, 1.807) is 11.3 Å². The Hall–Kier alpha value is -2.71. The van der Waals surface area contributed by atoms with Gasteiger partial charge in [-0.1, -0.05) is 24.3 Å². The first-order valence-corrected chi connectivity index (χ1v) is 9.23. The highest BCUT2D eigenvalue weighted by atomic mass is 32.1. The summed E-state index contributed by atoms with van der Waals surface area (Å²) < 4.78 is 2.10. The van der Waals surface area contributed by atoms with Gasteiger partial charge in [0.2, 0.25) is 0 Å². The maximum Gasteiger partial charge on any atom is 0.195 e. The topological polar surface area (TPSA) is 17.1 Å². The zero-order valence-corrected chi connectivity index (χ0v) is 14.9. The summed E-state index contributed by atoms with van der Waals surface area (Å²) in [5.41, 5.74) is 2.69. The quantitative estimate of drug-likeness (QED) is 0.301. The molecule has 0 aliphatic rings. The van der Waals surface area contributed by atoms with E-state index in [1.165, 1.54) is 27.3 Å². The number of fused-ring (bicyclic) bond motifs is 4. The summed E-state index contributed by atoms with van der Waals surface area (Å²) in [6.45, 7) is 4.30. The van der Waals surface area contributed by atoms with E-state index in [0.29, 0.717) is 0 Å². The van der Waals surface area contributed by atoms with Gasteiger partial charge in [-0.15, -0.1) is 11.3 Å². The van der Waals surface area contributed by atoms with Gasteiger partial charge in [-0.2, -0.15) is 0 Å². The monoisotopic (exact) mass is 340 g/mol. The summed E-state index contributed by atoms with van der Waals surface area (Å²) in [7, 11) is 0. The van der Waals surface area contributed by atoms with Crippen LogP contribution in [-0.4, -0.2) is 0 Å². The Morgan fingerprint density at radius 3 is 1.96 bits per heavy atom. The lowest BCUT2D eigenvalue weighted by Gasteiger charge is -2.09. The van der Waals surface area contributed by atoms with Crippen LogP contribution in [0.2, 0.25) is 0 Å². The van der Waals surface area contributed by atoms with Crippen LogP contribution in [0.1, 0.15) is 11.1 Å². The molecule has 25 heavy (non-hydrogen) atoms. The van der Waals surface area contributed by atoms with E-state index in [9.17, 15) is 4.79 Å². The average molecular weight is 340 g/mol. The predicted octanol–water partition coefficient (Wildman–Crippen LogP) is 6.34. The molecule has 0 unspecified atom stereocenters. The van der Waals surface area contributed by atoms with Gasteiger partial charge in [-0.25, -0.2) is 0 Å². The molecule has 4 aromatic carbocycles. The van der Waals surface area contributed by atoms with E-state index in [0.717, 1.165) is 25.6 Å². The van der Waals surface area contributed by atoms with Crippen LogP contribution >= 0.6 is 11.3 Å². The van der Waals surface area contributed by atoms with E-state index in [1.807, 2.05) is 24.3 Å². The van der Waals surface area contributed by atoms with E-state index in [2.05, 4.69) is 50.2 Å². The Kier molecular flexibility index (Phi) is 3.01. The zero-order valence-electron chi connectivity index (χ0n) is 14.1. The van der Waals surface area contributed by atoms with Crippen molar-refractivity contribution in [2.75, 3.05) is 0 Å². The van der Waals surface area contributed by atoms with Gasteiger partial charge in [0.25, 0.3) is 0 Å². The van der Waals surface area contributed by atoms with Gasteiger partial charge in [-0.05, 0) is 82.9 Å². The summed E-state index contributed by atoms with van der Waals surface area (Å²) in [4.78, 5) is 12.9. The molecule has 1 aromatic heterocycles. The van der Waals surface area contributed by atoms with Crippen LogP contribution in [0.25, 0.3) is 41.7 Å². The van der Waals surface area contributed by atoms with Gasteiger partial charge in [0.1, 0.15) is 0 Å². The number of rotatable bonds is 0. The molecule has 0 bridgehead atoms. The molecule has 120 valence electrons. The van der Waals surface area contributed by atoms with Crippen LogP contribution in [0.4, 0.5) is 0 Å². The minimum Gasteiger partial charge on any atom is -0.289 e. The lowest BCUT2D eigenvalue weighted by Crippen LogP contribution is -2.00. The van der Waals surface area contributed by atoms with Crippen molar-refractivity contribution in [3.63, 3.8) is 0 Å². The third-order valence-corrected chi connectivity index (χ3v) is 6.24. The van der Waals surface area contributed by atoms with Gasteiger partial charge in [-0.3, -0.25) is 4.79 Å². The van der Waals surface area contributed by atoms with Gasteiger partial charge in [0.05, 0.1) is 0 Å². The third kappa shape index (κ3) is 2.11. The summed E-state index contributed by atoms with van der Waals surface area (Å²) >= 11 is 1.69. The number of aryl methyl sites for hydroxylation is 2. The standard InChI is InChI=1S/C23H16OS/c1-13-7-8-14(2)19-10-16-12-22-20(11-15(16)9-18(13)19)23(24)17-5-3-4-6-21(17)25-22/h3-12H,1-2H3. The van der Waals surface area contributed by atoms with E-state index in [4.69, 9.17) is 0 Å². The molecule has 5 rings (SSSR count). The van der Waals surface area contributed by atoms with E-state index in [-0.39, 0.29) is 5.43 Å². The second kappa shape index (κ2) is 5.14. The summed E-state index contributed by atoms with van der Waals surface area (Å²) in [6.07, 6.45) is 0. The molecule has 0 saturated heterocycles. The molecule has 1 heterocycles. The predicted molar refractivity (Wildman–Crippen MR) is 110 cm³/mol. The Labute approximate surface area is 149 Å². The highest BCUT2D eigenvalue weighted by Gasteiger charge is 2.09. The summed E-state index contributed by atoms with van der Waals surface area (Å²) in [5, 5.41) is 6.52. The fourth-order valence-corrected chi connectivity index (χ4v) is 4.78.